The van der Waals surface area contributed by atoms with Crippen LogP contribution in [0.15, 0.2) is 71.1 Å². The molecule has 0 atom stereocenters. The van der Waals surface area contributed by atoms with E-state index in [1.54, 1.807) is 0 Å². The van der Waals surface area contributed by atoms with Crippen molar-refractivity contribution in [2.75, 3.05) is 6.54 Å². The normalized spacial score (nSPS) is 11.2. The molecular weight excluding hydrogens is 310 g/mol. The molecule has 126 valence electrons. The number of fused-ring (bicyclic) bond motifs is 1. The van der Waals surface area contributed by atoms with E-state index in [0.717, 1.165) is 59.9 Å². The molecule has 0 aliphatic rings. The SMILES string of the molecule is c1ccc(-c2ccc(CNCCCc3nc4ccccc4[nH]3)o2)cc1. The van der Waals surface area contributed by atoms with E-state index in [0.29, 0.717) is 0 Å². The molecule has 2 N–H and O–H groups in total. The van der Waals surface area contributed by atoms with Gasteiger partial charge in [0.15, 0.2) is 0 Å². The van der Waals surface area contributed by atoms with E-state index in [-0.39, 0.29) is 0 Å². The smallest absolute Gasteiger partial charge is 0.134 e. The molecule has 2 heterocycles. The molecule has 0 fully saturated rings. The molecule has 4 aromatic rings. The van der Waals surface area contributed by atoms with Gasteiger partial charge in [0.05, 0.1) is 17.6 Å². The largest absolute Gasteiger partial charge is 0.460 e. The number of aromatic amines is 1. The molecule has 0 saturated heterocycles. The summed E-state index contributed by atoms with van der Waals surface area (Å²) in [6.07, 6.45) is 1.97. The number of furan rings is 1. The molecule has 0 amide bonds. The fourth-order valence-corrected chi connectivity index (χ4v) is 2.95. The van der Waals surface area contributed by atoms with E-state index in [9.17, 15) is 0 Å². The highest BCUT2D eigenvalue weighted by molar-refractivity contribution is 5.74. The van der Waals surface area contributed by atoms with Crippen molar-refractivity contribution in [3.05, 3.63) is 78.3 Å². The van der Waals surface area contributed by atoms with Gasteiger partial charge in [-0.2, -0.15) is 0 Å². The van der Waals surface area contributed by atoms with Crippen LogP contribution in [0, 0.1) is 0 Å². The molecule has 0 radical (unpaired) electrons. The number of para-hydroxylation sites is 2. The van der Waals surface area contributed by atoms with Crippen LogP contribution in [0.5, 0.6) is 0 Å². The number of H-pyrrole nitrogens is 1. The quantitative estimate of drug-likeness (QED) is 0.489. The zero-order valence-corrected chi connectivity index (χ0v) is 14.0. The van der Waals surface area contributed by atoms with E-state index >= 15 is 0 Å². The van der Waals surface area contributed by atoms with Crippen LogP contribution in [-0.2, 0) is 13.0 Å². The Morgan fingerprint density at radius 2 is 1.76 bits per heavy atom. The lowest BCUT2D eigenvalue weighted by Gasteiger charge is -2.02. The fraction of sp³-hybridized carbons (Fsp3) is 0.190. The van der Waals surface area contributed by atoms with Crippen LogP contribution in [0.1, 0.15) is 18.0 Å². The van der Waals surface area contributed by atoms with Crippen molar-refractivity contribution in [2.45, 2.75) is 19.4 Å². The summed E-state index contributed by atoms with van der Waals surface area (Å²) in [6.45, 7) is 1.67. The van der Waals surface area contributed by atoms with Gasteiger partial charge in [-0.1, -0.05) is 42.5 Å². The third-order valence-corrected chi connectivity index (χ3v) is 4.22. The maximum Gasteiger partial charge on any atom is 0.134 e. The highest BCUT2D eigenvalue weighted by Gasteiger charge is 2.04. The lowest BCUT2D eigenvalue weighted by atomic mass is 10.2. The topological polar surface area (TPSA) is 53.9 Å². The van der Waals surface area contributed by atoms with Crippen LogP contribution in [-0.4, -0.2) is 16.5 Å². The average molecular weight is 331 g/mol. The minimum Gasteiger partial charge on any atom is -0.460 e. The predicted molar refractivity (Wildman–Crippen MR) is 100 cm³/mol. The van der Waals surface area contributed by atoms with Crippen molar-refractivity contribution in [1.29, 1.82) is 0 Å². The van der Waals surface area contributed by atoms with Crippen molar-refractivity contribution in [3.63, 3.8) is 0 Å². The first-order chi connectivity index (χ1) is 12.4. The average Bonchev–Trinajstić information content (AvgIpc) is 3.28. The molecule has 0 aliphatic carbocycles. The van der Waals surface area contributed by atoms with Gasteiger partial charge in [0, 0.05) is 12.0 Å². The van der Waals surface area contributed by atoms with E-state index in [4.69, 9.17) is 4.42 Å². The second-order valence-electron chi connectivity index (χ2n) is 6.11. The van der Waals surface area contributed by atoms with Crippen LogP contribution >= 0.6 is 0 Å². The van der Waals surface area contributed by atoms with Crippen LogP contribution < -0.4 is 5.32 Å². The molecule has 2 aromatic heterocycles. The number of benzene rings is 2. The molecule has 25 heavy (non-hydrogen) atoms. The Bertz CT molecular complexity index is 907. The summed E-state index contributed by atoms with van der Waals surface area (Å²) >= 11 is 0. The molecule has 4 heteroatoms. The summed E-state index contributed by atoms with van der Waals surface area (Å²) in [5.74, 6) is 2.93. The first-order valence-electron chi connectivity index (χ1n) is 8.67. The Balaban J connectivity index is 1.24. The van der Waals surface area contributed by atoms with E-state index < -0.39 is 0 Å². The fourth-order valence-electron chi connectivity index (χ4n) is 2.95. The zero-order valence-electron chi connectivity index (χ0n) is 14.0. The second kappa shape index (κ2) is 7.36. The number of hydrogen-bond acceptors (Lipinski definition) is 3. The third-order valence-electron chi connectivity index (χ3n) is 4.22. The molecule has 0 spiro atoms. The Hall–Kier alpha value is -2.85. The standard InChI is InChI=1S/C21H21N3O/c1-2-7-16(8-3-1)20-13-12-17(25-20)15-22-14-6-11-21-23-18-9-4-5-10-19(18)24-21/h1-5,7-10,12-13,22H,6,11,14-15H2,(H,23,24). The van der Waals surface area contributed by atoms with Crippen LogP contribution in [0.2, 0.25) is 0 Å². The maximum atomic E-state index is 5.89. The van der Waals surface area contributed by atoms with E-state index in [1.165, 1.54) is 0 Å². The zero-order chi connectivity index (χ0) is 16.9. The summed E-state index contributed by atoms with van der Waals surface area (Å²) in [5, 5.41) is 3.44. The summed E-state index contributed by atoms with van der Waals surface area (Å²) in [5.41, 5.74) is 3.25. The minimum absolute atomic E-state index is 0.743. The van der Waals surface area contributed by atoms with Gasteiger partial charge in [0.2, 0.25) is 0 Å². The first kappa shape index (κ1) is 15.7. The summed E-state index contributed by atoms with van der Waals surface area (Å²) in [7, 11) is 0. The number of nitrogens with zero attached hydrogens (tertiary/aromatic N) is 1. The Morgan fingerprint density at radius 1 is 0.920 bits per heavy atom. The lowest BCUT2D eigenvalue weighted by molar-refractivity contribution is 0.490. The highest BCUT2D eigenvalue weighted by atomic mass is 16.3. The monoisotopic (exact) mass is 331 g/mol. The number of hydrogen-bond donors (Lipinski definition) is 2. The number of imidazole rings is 1. The molecule has 0 aliphatic heterocycles. The van der Waals surface area contributed by atoms with Gasteiger partial charge < -0.3 is 14.7 Å². The van der Waals surface area contributed by atoms with Gasteiger partial charge in [-0.05, 0) is 37.2 Å². The van der Waals surface area contributed by atoms with Gasteiger partial charge in [-0.25, -0.2) is 4.98 Å². The lowest BCUT2D eigenvalue weighted by Crippen LogP contribution is -2.15. The van der Waals surface area contributed by atoms with Crippen molar-refractivity contribution in [1.82, 2.24) is 15.3 Å². The van der Waals surface area contributed by atoms with Crippen LogP contribution in [0.4, 0.5) is 0 Å². The number of nitrogens with one attached hydrogen (secondary N) is 2. The van der Waals surface area contributed by atoms with Gasteiger partial charge >= 0.3 is 0 Å². The predicted octanol–water partition coefficient (Wildman–Crippen LogP) is 4.55. The van der Waals surface area contributed by atoms with Crippen molar-refractivity contribution < 1.29 is 4.42 Å². The van der Waals surface area contributed by atoms with Gasteiger partial charge in [0.1, 0.15) is 17.3 Å². The number of rotatable bonds is 7. The van der Waals surface area contributed by atoms with Crippen molar-refractivity contribution in [2.24, 2.45) is 0 Å². The molecule has 0 bridgehead atoms. The molecule has 2 aromatic carbocycles. The van der Waals surface area contributed by atoms with E-state index in [1.807, 2.05) is 48.5 Å². The summed E-state index contributed by atoms with van der Waals surface area (Å²) in [4.78, 5) is 7.97. The van der Waals surface area contributed by atoms with Gasteiger partial charge in [-0.3, -0.25) is 0 Å². The van der Waals surface area contributed by atoms with Crippen molar-refractivity contribution >= 4 is 11.0 Å². The van der Waals surface area contributed by atoms with Gasteiger partial charge in [-0.15, -0.1) is 0 Å². The molecule has 4 rings (SSSR count). The van der Waals surface area contributed by atoms with Crippen LogP contribution in [0.3, 0.4) is 0 Å². The molecule has 0 saturated carbocycles. The molecular formula is C21H21N3O. The Kier molecular flexibility index (Phi) is 4.61. The Morgan fingerprint density at radius 3 is 2.64 bits per heavy atom. The summed E-state index contributed by atoms with van der Waals surface area (Å²) in [6, 6.07) is 22.4. The minimum atomic E-state index is 0.743. The third kappa shape index (κ3) is 3.80. The molecule has 4 nitrogen and oxygen atoms in total. The Labute approximate surface area is 146 Å². The van der Waals surface area contributed by atoms with Crippen LogP contribution in [0.25, 0.3) is 22.4 Å². The first-order valence-corrected chi connectivity index (χ1v) is 8.67. The summed E-state index contributed by atoms with van der Waals surface area (Å²) < 4.78 is 5.89. The molecule has 0 unspecified atom stereocenters. The number of aryl methyl sites for hydroxylation is 1. The highest BCUT2D eigenvalue weighted by Crippen LogP contribution is 2.21. The second-order valence-corrected chi connectivity index (χ2v) is 6.11. The number of aromatic nitrogens is 2. The van der Waals surface area contributed by atoms with Crippen molar-refractivity contribution in [3.8, 4) is 11.3 Å². The van der Waals surface area contributed by atoms with E-state index in [2.05, 4.69) is 33.5 Å². The van der Waals surface area contributed by atoms with Gasteiger partial charge in [0.25, 0.3) is 0 Å². The maximum absolute atomic E-state index is 5.89.